The van der Waals surface area contributed by atoms with E-state index in [1.54, 1.807) is 12.0 Å². The molecular weight excluding hydrogens is 314 g/mol. The minimum absolute atomic E-state index is 0.105. The Hall–Kier alpha value is -2.82. The summed E-state index contributed by atoms with van der Waals surface area (Å²) in [7, 11) is 3.50. The lowest BCUT2D eigenvalue weighted by Crippen LogP contribution is -2.26. The summed E-state index contributed by atoms with van der Waals surface area (Å²) in [5.41, 5.74) is 4.11. The van der Waals surface area contributed by atoms with Crippen molar-refractivity contribution in [3.05, 3.63) is 59.4 Å². The first-order valence-electron chi connectivity index (χ1n) is 8.38. The number of methoxy groups -OCH3 is 1. The summed E-state index contributed by atoms with van der Waals surface area (Å²) >= 11 is 0. The molecule has 5 heteroatoms. The van der Waals surface area contributed by atoms with Gasteiger partial charge in [-0.05, 0) is 36.2 Å². The quantitative estimate of drug-likeness (QED) is 0.749. The van der Waals surface area contributed by atoms with Gasteiger partial charge in [-0.1, -0.05) is 24.3 Å². The number of carbonyl (C=O) groups is 1. The molecule has 0 aliphatic rings. The van der Waals surface area contributed by atoms with Crippen LogP contribution in [0.15, 0.2) is 42.5 Å². The molecule has 1 aromatic heterocycles. The summed E-state index contributed by atoms with van der Waals surface area (Å²) in [5, 5.41) is 0. The van der Waals surface area contributed by atoms with Crippen molar-refractivity contribution >= 4 is 16.9 Å². The molecule has 0 aliphatic carbocycles. The highest BCUT2D eigenvalue weighted by molar-refractivity contribution is 5.77. The van der Waals surface area contributed by atoms with Gasteiger partial charge in [0.15, 0.2) is 0 Å². The number of aryl methyl sites for hydroxylation is 2. The molecule has 2 aromatic carbocycles. The molecule has 0 radical (unpaired) electrons. The second-order valence-corrected chi connectivity index (χ2v) is 6.25. The predicted octanol–water partition coefficient (Wildman–Crippen LogP) is 3.47. The number of benzene rings is 2. The Morgan fingerprint density at radius 3 is 2.76 bits per heavy atom. The van der Waals surface area contributed by atoms with Crippen LogP contribution in [0.25, 0.3) is 11.0 Å². The number of H-pyrrole nitrogens is 1. The number of carbonyl (C=O) groups excluding carboxylic acids is 1. The number of nitrogens with one attached hydrogen (secondary N) is 1. The van der Waals surface area contributed by atoms with Gasteiger partial charge in [0.25, 0.3) is 0 Å². The molecule has 25 heavy (non-hydrogen) atoms. The van der Waals surface area contributed by atoms with Crippen molar-refractivity contribution in [3.63, 3.8) is 0 Å². The van der Waals surface area contributed by atoms with E-state index in [1.807, 2.05) is 50.4 Å². The lowest BCUT2D eigenvalue weighted by Gasteiger charge is -2.18. The Labute approximate surface area is 147 Å². The molecule has 0 bridgehead atoms. The molecule has 0 saturated heterocycles. The lowest BCUT2D eigenvalue weighted by molar-refractivity contribution is -0.130. The van der Waals surface area contributed by atoms with Gasteiger partial charge in [-0.15, -0.1) is 0 Å². The first kappa shape index (κ1) is 17.0. The average Bonchev–Trinajstić information content (AvgIpc) is 3.02. The molecule has 0 atom stereocenters. The number of imidazole rings is 1. The Balaban J connectivity index is 1.57. The maximum Gasteiger partial charge on any atom is 0.223 e. The number of amides is 1. The summed E-state index contributed by atoms with van der Waals surface area (Å²) in [6.45, 7) is 2.59. The third-order valence-electron chi connectivity index (χ3n) is 4.32. The second kappa shape index (κ2) is 7.38. The Bertz CT molecular complexity index is 853. The molecule has 0 fully saturated rings. The fourth-order valence-electron chi connectivity index (χ4n) is 2.94. The van der Waals surface area contributed by atoms with Crippen molar-refractivity contribution in [3.8, 4) is 5.75 Å². The van der Waals surface area contributed by atoms with E-state index < -0.39 is 0 Å². The number of para-hydroxylation sites is 2. The molecule has 1 amide bonds. The van der Waals surface area contributed by atoms with Crippen molar-refractivity contribution in [1.82, 2.24) is 14.9 Å². The van der Waals surface area contributed by atoms with Gasteiger partial charge < -0.3 is 14.6 Å². The van der Waals surface area contributed by atoms with Gasteiger partial charge >= 0.3 is 0 Å². The van der Waals surface area contributed by atoms with Gasteiger partial charge in [0, 0.05) is 26.4 Å². The minimum Gasteiger partial charge on any atom is -0.496 e. The molecule has 1 N–H and O–H groups in total. The van der Waals surface area contributed by atoms with Crippen LogP contribution in [0, 0.1) is 6.92 Å². The first-order valence-corrected chi connectivity index (χ1v) is 8.38. The lowest BCUT2D eigenvalue weighted by atomic mass is 10.1. The number of nitrogens with zero attached hydrogens (tertiary/aromatic N) is 2. The normalized spacial score (nSPS) is 10.8. The third kappa shape index (κ3) is 3.99. The molecule has 3 aromatic rings. The van der Waals surface area contributed by atoms with E-state index in [9.17, 15) is 4.79 Å². The minimum atomic E-state index is 0.105. The van der Waals surface area contributed by atoms with Crippen LogP contribution in [0.2, 0.25) is 0 Å². The van der Waals surface area contributed by atoms with Gasteiger partial charge in [-0.3, -0.25) is 4.79 Å². The zero-order valence-electron chi connectivity index (χ0n) is 14.9. The summed E-state index contributed by atoms with van der Waals surface area (Å²) in [6, 6.07) is 13.9. The largest absolute Gasteiger partial charge is 0.496 e. The van der Waals surface area contributed by atoms with Crippen molar-refractivity contribution in [2.45, 2.75) is 26.3 Å². The SMILES string of the molecule is COc1ccc(CN(C)C(=O)CCc2nc3ccccc3[nH]2)cc1C. The van der Waals surface area contributed by atoms with Crippen LogP contribution in [0.1, 0.15) is 23.4 Å². The van der Waals surface area contributed by atoms with Gasteiger partial charge in [0.2, 0.25) is 5.91 Å². The van der Waals surface area contributed by atoms with Crippen LogP contribution in [-0.4, -0.2) is 34.9 Å². The number of aromatic amines is 1. The van der Waals surface area contributed by atoms with Crippen molar-refractivity contribution in [2.24, 2.45) is 0 Å². The van der Waals surface area contributed by atoms with Crippen molar-refractivity contribution in [2.75, 3.05) is 14.2 Å². The highest BCUT2D eigenvalue weighted by atomic mass is 16.5. The summed E-state index contributed by atoms with van der Waals surface area (Å²) < 4.78 is 5.27. The number of hydrogen-bond donors (Lipinski definition) is 1. The highest BCUT2D eigenvalue weighted by Crippen LogP contribution is 2.19. The molecular formula is C20H23N3O2. The smallest absolute Gasteiger partial charge is 0.223 e. The van der Waals surface area contributed by atoms with Crippen molar-refractivity contribution in [1.29, 1.82) is 0 Å². The molecule has 1 heterocycles. The van der Waals surface area contributed by atoms with E-state index in [0.717, 1.165) is 33.7 Å². The van der Waals surface area contributed by atoms with Gasteiger partial charge in [-0.2, -0.15) is 0 Å². The molecule has 0 unspecified atom stereocenters. The monoisotopic (exact) mass is 337 g/mol. The fraction of sp³-hybridized carbons (Fsp3) is 0.300. The molecule has 130 valence electrons. The first-order chi connectivity index (χ1) is 12.1. The van der Waals surface area contributed by atoms with Crippen molar-refractivity contribution < 1.29 is 9.53 Å². The zero-order valence-corrected chi connectivity index (χ0v) is 14.9. The average molecular weight is 337 g/mol. The van der Waals surface area contributed by atoms with E-state index in [1.165, 1.54) is 0 Å². The third-order valence-corrected chi connectivity index (χ3v) is 4.32. The second-order valence-electron chi connectivity index (χ2n) is 6.25. The summed E-state index contributed by atoms with van der Waals surface area (Å²) in [6.07, 6.45) is 1.05. The number of hydrogen-bond acceptors (Lipinski definition) is 3. The molecule has 0 spiro atoms. The van der Waals surface area contributed by atoms with Crippen LogP contribution in [0.3, 0.4) is 0 Å². The van der Waals surface area contributed by atoms with Gasteiger partial charge in [0.1, 0.15) is 11.6 Å². The predicted molar refractivity (Wildman–Crippen MR) is 98.6 cm³/mol. The maximum atomic E-state index is 12.4. The molecule has 0 saturated carbocycles. The topological polar surface area (TPSA) is 58.2 Å². The fourth-order valence-corrected chi connectivity index (χ4v) is 2.94. The number of fused-ring (bicyclic) bond motifs is 1. The van der Waals surface area contributed by atoms with E-state index in [-0.39, 0.29) is 5.91 Å². The van der Waals surface area contributed by atoms with E-state index in [0.29, 0.717) is 19.4 Å². The van der Waals surface area contributed by atoms with E-state index >= 15 is 0 Å². The van der Waals surface area contributed by atoms with E-state index in [2.05, 4.69) is 16.0 Å². The van der Waals surface area contributed by atoms with Gasteiger partial charge in [0.05, 0.1) is 18.1 Å². The Kier molecular flexibility index (Phi) is 5.03. The number of aromatic nitrogens is 2. The number of rotatable bonds is 6. The van der Waals surface area contributed by atoms with Crippen LogP contribution in [0.5, 0.6) is 5.75 Å². The van der Waals surface area contributed by atoms with E-state index in [4.69, 9.17) is 4.74 Å². The number of ether oxygens (including phenoxy) is 1. The highest BCUT2D eigenvalue weighted by Gasteiger charge is 2.12. The zero-order chi connectivity index (χ0) is 17.8. The van der Waals surface area contributed by atoms with Gasteiger partial charge in [-0.25, -0.2) is 4.98 Å². The molecule has 0 aliphatic heterocycles. The summed E-state index contributed by atoms with van der Waals surface area (Å²) in [4.78, 5) is 21.9. The summed E-state index contributed by atoms with van der Waals surface area (Å²) in [5.74, 6) is 1.82. The standard InChI is InChI=1S/C20H23N3O2/c1-14-12-15(8-9-18(14)25-3)13-23(2)20(24)11-10-19-21-16-6-4-5-7-17(16)22-19/h4-9,12H,10-11,13H2,1-3H3,(H,21,22). The molecule has 5 nitrogen and oxygen atoms in total. The van der Waals surface area contributed by atoms with Crippen LogP contribution >= 0.6 is 0 Å². The van der Waals surface area contributed by atoms with Crippen LogP contribution < -0.4 is 4.74 Å². The maximum absolute atomic E-state index is 12.4. The van der Waals surface area contributed by atoms with Crippen LogP contribution in [-0.2, 0) is 17.8 Å². The Morgan fingerprint density at radius 1 is 1.24 bits per heavy atom. The Morgan fingerprint density at radius 2 is 2.04 bits per heavy atom. The van der Waals surface area contributed by atoms with Crippen LogP contribution in [0.4, 0.5) is 0 Å². The molecule has 3 rings (SSSR count).